The van der Waals surface area contributed by atoms with Crippen molar-refractivity contribution in [1.29, 1.82) is 0 Å². The minimum absolute atomic E-state index is 0.00123. The minimum atomic E-state index is -4.23. The molecule has 27 heavy (non-hydrogen) atoms. The van der Waals surface area contributed by atoms with E-state index in [-0.39, 0.29) is 30.9 Å². The van der Waals surface area contributed by atoms with Crippen LogP contribution in [0.3, 0.4) is 0 Å². The van der Waals surface area contributed by atoms with Gasteiger partial charge in [0.1, 0.15) is 0 Å². The lowest BCUT2D eigenvalue weighted by molar-refractivity contribution is -0.177. The van der Waals surface area contributed by atoms with Gasteiger partial charge in [0.2, 0.25) is 11.6 Å². The van der Waals surface area contributed by atoms with Crippen LogP contribution in [0.2, 0.25) is 0 Å². The lowest BCUT2D eigenvalue weighted by Crippen LogP contribution is -2.29. The highest BCUT2D eigenvalue weighted by molar-refractivity contribution is 5.84. The van der Waals surface area contributed by atoms with Gasteiger partial charge in [0.25, 0.3) is 0 Å². The minimum Gasteiger partial charge on any atom is -0.475 e. The summed E-state index contributed by atoms with van der Waals surface area (Å²) in [5.41, 5.74) is 2.87. The molecule has 0 aliphatic heterocycles. The molecule has 0 amide bonds. The number of carboxylic acid groups (broad SMARTS) is 1. The number of hydrogen-bond donors (Lipinski definition) is 1. The fourth-order valence-electron chi connectivity index (χ4n) is 3.64. The Balaban J connectivity index is 1.86. The van der Waals surface area contributed by atoms with Crippen LogP contribution in [-0.4, -0.2) is 21.8 Å². The van der Waals surface area contributed by atoms with E-state index in [1.54, 1.807) is 10.6 Å². The summed E-state index contributed by atoms with van der Waals surface area (Å²) in [5.74, 6) is -2.48. The van der Waals surface area contributed by atoms with E-state index in [1.165, 1.54) is 12.1 Å². The van der Waals surface area contributed by atoms with Gasteiger partial charge in [0, 0.05) is 11.8 Å². The van der Waals surface area contributed by atoms with Crippen molar-refractivity contribution in [2.45, 2.75) is 25.4 Å². The lowest BCUT2D eigenvalue weighted by atomic mass is 9.87. The second-order valence-corrected chi connectivity index (χ2v) is 6.63. The second kappa shape index (κ2) is 6.33. The first-order chi connectivity index (χ1) is 12.8. The van der Waals surface area contributed by atoms with Crippen molar-refractivity contribution in [2.24, 2.45) is 5.92 Å². The SMILES string of the molecule is O=C(O)c1ccc(-n2c(-c3ccccc3)cc3c2CCC(C(F)(F)F)C3)o1. The molecule has 0 saturated carbocycles. The molecule has 0 spiro atoms. The molecule has 0 radical (unpaired) electrons. The van der Waals surface area contributed by atoms with Gasteiger partial charge in [-0.3, -0.25) is 4.57 Å². The van der Waals surface area contributed by atoms with E-state index in [1.807, 2.05) is 30.3 Å². The van der Waals surface area contributed by atoms with Crippen LogP contribution >= 0.6 is 0 Å². The average molecular weight is 375 g/mol. The molecule has 2 heterocycles. The zero-order chi connectivity index (χ0) is 19.2. The Morgan fingerprint density at radius 2 is 1.89 bits per heavy atom. The van der Waals surface area contributed by atoms with Gasteiger partial charge in [-0.05, 0) is 42.5 Å². The third kappa shape index (κ3) is 3.13. The first-order valence-corrected chi connectivity index (χ1v) is 8.53. The van der Waals surface area contributed by atoms with E-state index in [0.29, 0.717) is 11.3 Å². The molecule has 1 N–H and O–H groups in total. The molecule has 1 atom stereocenters. The number of hydrogen-bond acceptors (Lipinski definition) is 2. The molecule has 7 heteroatoms. The second-order valence-electron chi connectivity index (χ2n) is 6.63. The number of benzene rings is 1. The van der Waals surface area contributed by atoms with E-state index in [0.717, 1.165) is 11.3 Å². The number of halogens is 3. The summed E-state index contributed by atoms with van der Waals surface area (Å²) in [7, 11) is 0. The fourth-order valence-corrected chi connectivity index (χ4v) is 3.64. The monoisotopic (exact) mass is 375 g/mol. The van der Waals surface area contributed by atoms with Crippen molar-refractivity contribution < 1.29 is 27.5 Å². The molecule has 4 nitrogen and oxygen atoms in total. The number of aromatic carboxylic acids is 1. The number of carbonyl (C=O) groups is 1. The Bertz CT molecular complexity index is 986. The molecular weight excluding hydrogens is 359 g/mol. The Kier molecular flexibility index (Phi) is 4.09. The number of nitrogens with zero attached hydrogens (tertiary/aromatic N) is 1. The Hall–Kier alpha value is -2.96. The van der Waals surface area contributed by atoms with Gasteiger partial charge in [0.05, 0.1) is 11.6 Å². The van der Waals surface area contributed by atoms with Crippen molar-refractivity contribution in [2.75, 3.05) is 0 Å². The molecule has 1 aromatic carbocycles. The summed E-state index contributed by atoms with van der Waals surface area (Å²) in [4.78, 5) is 11.2. The predicted octanol–water partition coefficient (Wildman–Crippen LogP) is 5.10. The van der Waals surface area contributed by atoms with Gasteiger partial charge in [-0.1, -0.05) is 30.3 Å². The molecule has 140 valence electrons. The van der Waals surface area contributed by atoms with Crippen LogP contribution in [0.25, 0.3) is 17.1 Å². The fraction of sp³-hybridized carbons (Fsp3) is 0.250. The van der Waals surface area contributed by atoms with Gasteiger partial charge >= 0.3 is 12.1 Å². The zero-order valence-electron chi connectivity index (χ0n) is 14.2. The molecule has 1 aliphatic carbocycles. The van der Waals surface area contributed by atoms with Gasteiger partial charge < -0.3 is 9.52 Å². The molecule has 0 saturated heterocycles. The lowest BCUT2D eigenvalue weighted by Gasteiger charge is -2.25. The highest BCUT2D eigenvalue weighted by Crippen LogP contribution is 2.41. The summed E-state index contributed by atoms with van der Waals surface area (Å²) in [5, 5.41) is 9.12. The summed E-state index contributed by atoms with van der Waals surface area (Å²) >= 11 is 0. The number of furan rings is 1. The number of rotatable bonds is 3. The van der Waals surface area contributed by atoms with Crippen LogP contribution in [0.1, 0.15) is 28.2 Å². The smallest absolute Gasteiger partial charge is 0.392 e. The van der Waals surface area contributed by atoms with Crippen LogP contribution < -0.4 is 0 Å². The number of carboxylic acids is 1. The van der Waals surface area contributed by atoms with E-state index in [2.05, 4.69) is 0 Å². The van der Waals surface area contributed by atoms with Crippen LogP contribution in [0.5, 0.6) is 0 Å². The van der Waals surface area contributed by atoms with Crippen LogP contribution in [-0.2, 0) is 12.8 Å². The molecule has 0 bridgehead atoms. The maximum absolute atomic E-state index is 13.2. The average Bonchev–Trinajstić information content (AvgIpc) is 3.25. The van der Waals surface area contributed by atoms with Gasteiger partial charge in [-0.25, -0.2) is 4.79 Å². The molecule has 1 unspecified atom stereocenters. The van der Waals surface area contributed by atoms with Gasteiger partial charge in [0.15, 0.2) is 0 Å². The summed E-state index contributed by atoms with van der Waals surface area (Å²) in [6, 6.07) is 13.9. The Labute approximate surface area is 152 Å². The molecule has 1 aliphatic rings. The normalized spacial score (nSPS) is 16.9. The van der Waals surface area contributed by atoms with Gasteiger partial charge in [-0.15, -0.1) is 0 Å². The van der Waals surface area contributed by atoms with Gasteiger partial charge in [-0.2, -0.15) is 13.2 Å². The van der Waals surface area contributed by atoms with E-state index in [4.69, 9.17) is 9.52 Å². The first-order valence-electron chi connectivity index (χ1n) is 8.53. The molecular formula is C20H16F3NO3. The van der Waals surface area contributed by atoms with Crippen molar-refractivity contribution in [3.05, 3.63) is 65.5 Å². The standard InChI is InChI=1S/C20H16F3NO3/c21-20(22,23)14-6-7-15-13(10-14)11-16(12-4-2-1-3-5-12)24(15)18-9-8-17(27-18)19(25)26/h1-5,8-9,11,14H,6-7,10H2,(H,25,26). The van der Waals surface area contributed by atoms with Crippen molar-refractivity contribution in [3.8, 4) is 17.1 Å². The van der Waals surface area contributed by atoms with E-state index < -0.39 is 18.1 Å². The van der Waals surface area contributed by atoms with Crippen molar-refractivity contribution in [1.82, 2.24) is 4.57 Å². The predicted molar refractivity (Wildman–Crippen MR) is 92.0 cm³/mol. The Morgan fingerprint density at radius 1 is 1.15 bits per heavy atom. The third-order valence-electron chi connectivity index (χ3n) is 4.94. The van der Waals surface area contributed by atoms with E-state index >= 15 is 0 Å². The van der Waals surface area contributed by atoms with E-state index in [9.17, 15) is 18.0 Å². The number of alkyl halides is 3. The summed E-state index contributed by atoms with van der Waals surface area (Å²) in [6.07, 6.45) is -4.07. The van der Waals surface area contributed by atoms with Crippen LogP contribution in [0.4, 0.5) is 13.2 Å². The summed E-state index contributed by atoms with van der Waals surface area (Å²) in [6.45, 7) is 0. The summed E-state index contributed by atoms with van der Waals surface area (Å²) < 4.78 is 46.8. The first kappa shape index (κ1) is 17.5. The topological polar surface area (TPSA) is 55.4 Å². The Morgan fingerprint density at radius 3 is 2.52 bits per heavy atom. The molecule has 2 aromatic heterocycles. The van der Waals surface area contributed by atoms with Crippen molar-refractivity contribution in [3.63, 3.8) is 0 Å². The molecule has 4 rings (SSSR count). The third-order valence-corrected chi connectivity index (χ3v) is 4.94. The highest BCUT2D eigenvalue weighted by atomic mass is 19.4. The number of aromatic nitrogens is 1. The van der Waals surface area contributed by atoms with Crippen molar-refractivity contribution >= 4 is 5.97 Å². The quantitative estimate of drug-likeness (QED) is 0.693. The van der Waals surface area contributed by atoms with Crippen LogP contribution in [0.15, 0.2) is 52.9 Å². The maximum Gasteiger partial charge on any atom is 0.392 e. The van der Waals surface area contributed by atoms with Crippen LogP contribution in [0, 0.1) is 5.92 Å². The molecule has 0 fully saturated rings. The molecule has 3 aromatic rings. The largest absolute Gasteiger partial charge is 0.475 e. The maximum atomic E-state index is 13.2. The number of fused-ring (bicyclic) bond motifs is 1. The highest BCUT2D eigenvalue weighted by Gasteiger charge is 2.42. The zero-order valence-corrected chi connectivity index (χ0v) is 14.2.